The molecule has 0 radical (unpaired) electrons. The predicted molar refractivity (Wildman–Crippen MR) is 131 cm³/mol. The van der Waals surface area contributed by atoms with Crippen molar-refractivity contribution in [3.8, 4) is 22.3 Å². The summed E-state index contributed by atoms with van der Waals surface area (Å²) in [6.07, 6.45) is 10.8. The second kappa shape index (κ2) is 10.2. The maximum Gasteiger partial charge on any atom is 0.166 e. The van der Waals surface area contributed by atoms with Crippen LogP contribution in [0.3, 0.4) is 0 Å². The average Bonchev–Trinajstić information content (AvgIpc) is 2.83. The minimum atomic E-state index is -0.832. The standard InChI is InChI=1S/C30H29F3/c1-3-5-20-7-9-21(10-8-20)25-16-17-26(28(31)19-25)22-11-13-23(14-12-22)27-18-15-24(6-4-2)29(32)30(27)33/h3,5,9,11-20H,4,6-8,10H2,1-2H3/b5-3+. The molecule has 0 spiro atoms. The molecule has 0 aromatic heterocycles. The van der Waals surface area contributed by atoms with E-state index in [1.165, 1.54) is 5.57 Å². The first-order valence-electron chi connectivity index (χ1n) is 11.7. The highest BCUT2D eigenvalue weighted by Crippen LogP contribution is 2.34. The van der Waals surface area contributed by atoms with Crippen LogP contribution < -0.4 is 0 Å². The summed E-state index contributed by atoms with van der Waals surface area (Å²) in [6.45, 7) is 3.97. The normalized spacial score (nSPS) is 16.3. The third-order valence-electron chi connectivity index (χ3n) is 6.44. The summed E-state index contributed by atoms with van der Waals surface area (Å²) in [5.41, 5.74) is 4.50. The number of halogens is 3. The van der Waals surface area contributed by atoms with Crippen molar-refractivity contribution in [2.24, 2.45) is 5.92 Å². The van der Waals surface area contributed by atoms with Gasteiger partial charge in [0, 0.05) is 11.1 Å². The van der Waals surface area contributed by atoms with Crippen molar-refractivity contribution in [3.63, 3.8) is 0 Å². The van der Waals surface area contributed by atoms with Gasteiger partial charge >= 0.3 is 0 Å². The molecule has 0 amide bonds. The molecule has 0 nitrogen and oxygen atoms in total. The first-order valence-corrected chi connectivity index (χ1v) is 11.7. The van der Waals surface area contributed by atoms with Crippen LogP contribution in [0.2, 0.25) is 0 Å². The monoisotopic (exact) mass is 446 g/mol. The zero-order valence-electron chi connectivity index (χ0n) is 19.2. The maximum absolute atomic E-state index is 15.0. The fourth-order valence-corrected chi connectivity index (χ4v) is 4.62. The lowest BCUT2D eigenvalue weighted by atomic mass is 9.86. The molecule has 170 valence electrons. The Balaban J connectivity index is 1.56. The molecule has 0 aliphatic heterocycles. The second-order valence-corrected chi connectivity index (χ2v) is 8.71. The zero-order chi connectivity index (χ0) is 23.4. The summed E-state index contributed by atoms with van der Waals surface area (Å²) in [7, 11) is 0. The van der Waals surface area contributed by atoms with Crippen molar-refractivity contribution in [2.45, 2.75) is 46.0 Å². The summed E-state index contributed by atoms with van der Waals surface area (Å²) in [6, 6.07) is 15.6. The lowest BCUT2D eigenvalue weighted by Crippen LogP contribution is -2.02. The van der Waals surface area contributed by atoms with E-state index in [4.69, 9.17) is 0 Å². The quantitative estimate of drug-likeness (QED) is 0.331. The number of aryl methyl sites for hydroxylation is 1. The molecule has 1 aliphatic carbocycles. The number of hydrogen-bond donors (Lipinski definition) is 0. The van der Waals surface area contributed by atoms with E-state index in [-0.39, 0.29) is 11.4 Å². The van der Waals surface area contributed by atoms with Crippen LogP contribution in [0.1, 0.15) is 50.7 Å². The Bertz CT molecular complexity index is 1190. The van der Waals surface area contributed by atoms with Crippen molar-refractivity contribution in [1.29, 1.82) is 0 Å². The van der Waals surface area contributed by atoms with Crippen LogP contribution in [0.25, 0.3) is 27.8 Å². The van der Waals surface area contributed by atoms with Crippen LogP contribution in [0.15, 0.2) is 72.8 Å². The van der Waals surface area contributed by atoms with Crippen LogP contribution in [0.5, 0.6) is 0 Å². The molecule has 1 atom stereocenters. The second-order valence-electron chi connectivity index (χ2n) is 8.71. The first kappa shape index (κ1) is 23.1. The van der Waals surface area contributed by atoms with Gasteiger partial charge < -0.3 is 0 Å². The fourth-order valence-electron chi connectivity index (χ4n) is 4.62. The third-order valence-corrected chi connectivity index (χ3v) is 6.44. The van der Waals surface area contributed by atoms with E-state index in [0.717, 1.165) is 31.2 Å². The van der Waals surface area contributed by atoms with Crippen LogP contribution in [0.4, 0.5) is 13.2 Å². The molecule has 1 unspecified atom stereocenters. The van der Waals surface area contributed by atoms with E-state index in [2.05, 4.69) is 18.2 Å². The highest BCUT2D eigenvalue weighted by atomic mass is 19.2. The van der Waals surface area contributed by atoms with Crippen LogP contribution in [-0.4, -0.2) is 0 Å². The van der Waals surface area contributed by atoms with Gasteiger partial charge in [-0.3, -0.25) is 0 Å². The zero-order valence-corrected chi connectivity index (χ0v) is 19.2. The number of hydrogen-bond acceptors (Lipinski definition) is 0. The van der Waals surface area contributed by atoms with Crippen molar-refractivity contribution < 1.29 is 13.2 Å². The van der Waals surface area contributed by atoms with Crippen molar-refractivity contribution in [3.05, 3.63) is 101 Å². The number of rotatable bonds is 6. The molecule has 1 aliphatic rings. The lowest BCUT2D eigenvalue weighted by Gasteiger charge is -2.20. The van der Waals surface area contributed by atoms with Crippen LogP contribution in [0, 0.1) is 23.4 Å². The van der Waals surface area contributed by atoms with Crippen LogP contribution in [-0.2, 0) is 6.42 Å². The third kappa shape index (κ3) is 4.98. The summed E-state index contributed by atoms with van der Waals surface area (Å²) >= 11 is 0. The molecular formula is C30H29F3. The molecule has 3 aromatic rings. The summed E-state index contributed by atoms with van der Waals surface area (Å²) in [5, 5.41) is 0. The van der Waals surface area contributed by atoms with Gasteiger partial charge in [-0.15, -0.1) is 0 Å². The van der Waals surface area contributed by atoms with Crippen molar-refractivity contribution in [1.82, 2.24) is 0 Å². The Morgan fingerprint density at radius 2 is 1.52 bits per heavy atom. The minimum Gasteiger partial charge on any atom is -0.206 e. The van der Waals surface area contributed by atoms with Gasteiger partial charge in [-0.25, -0.2) is 13.2 Å². The van der Waals surface area contributed by atoms with Gasteiger partial charge in [0.05, 0.1) is 0 Å². The van der Waals surface area contributed by atoms with Crippen molar-refractivity contribution in [2.75, 3.05) is 0 Å². The van der Waals surface area contributed by atoms with Crippen LogP contribution >= 0.6 is 0 Å². The number of allylic oxidation sites excluding steroid dienone is 4. The fraction of sp³-hybridized carbons (Fsp3) is 0.267. The van der Waals surface area contributed by atoms with Gasteiger partial charge in [0.1, 0.15) is 5.82 Å². The summed E-state index contributed by atoms with van der Waals surface area (Å²) < 4.78 is 44.0. The molecule has 0 heterocycles. The molecule has 3 aromatic carbocycles. The Labute approximate surface area is 194 Å². The Morgan fingerprint density at radius 3 is 2.12 bits per heavy atom. The van der Waals surface area contributed by atoms with Gasteiger partial charge in [0.25, 0.3) is 0 Å². The van der Waals surface area contributed by atoms with Gasteiger partial charge in [-0.1, -0.05) is 80.1 Å². The SMILES string of the molecule is C/C=C/C1CC=C(c2ccc(-c3ccc(-c4ccc(CCC)c(F)c4F)cc3)c(F)c2)CC1. The minimum absolute atomic E-state index is 0.218. The summed E-state index contributed by atoms with van der Waals surface area (Å²) in [5.74, 6) is -1.32. The van der Waals surface area contributed by atoms with Gasteiger partial charge in [0.15, 0.2) is 11.6 Å². The smallest absolute Gasteiger partial charge is 0.166 e. The average molecular weight is 447 g/mol. The van der Waals surface area contributed by atoms with Gasteiger partial charge in [-0.05, 0) is 72.4 Å². The summed E-state index contributed by atoms with van der Waals surface area (Å²) in [4.78, 5) is 0. The maximum atomic E-state index is 15.0. The number of benzene rings is 3. The van der Waals surface area contributed by atoms with E-state index >= 15 is 0 Å². The van der Waals surface area contributed by atoms with Crippen molar-refractivity contribution >= 4 is 5.57 Å². The molecular weight excluding hydrogens is 417 g/mol. The highest BCUT2D eigenvalue weighted by molar-refractivity contribution is 5.74. The van der Waals surface area contributed by atoms with E-state index in [1.807, 2.05) is 19.9 Å². The molecule has 4 rings (SSSR count). The molecule has 33 heavy (non-hydrogen) atoms. The topological polar surface area (TPSA) is 0 Å². The van der Waals surface area contributed by atoms with Gasteiger partial charge in [0.2, 0.25) is 0 Å². The molecule has 0 saturated carbocycles. The molecule has 0 saturated heterocycles. The first-order chi connectivity index (χ1) is 16.0. The Morgan fingerprint density at radius 1 is 0.848 bits per heavy atom. The molecule has 0 N–H and O–H groups in total. The van der Waals surface area contributed by atoms with E-state index in [0.29, 0.717) is 34.6 Å². The Hall–Kier alpha value is -3.07. The molecule has 0 bridgehead atoms. The molecule has 0 fully saturated rings. The highest BCUT2D eigenvalue weighted by Gasteiger charge is 2.16. The largest absolute Gasteiger partial charge is 0.206 e. The lowest BCUT2D eigenvalue weighted by molar-refractivity contribution is 0.500. The van der Waals surface area contributed by atoms with Gasteiger partial charge in [-0.2, -0.15) is 0 Å². The predicted octanol–water partition coefficient (Wildman–Crippen LogP) is 9.15. The van der Waals surface area contributed by atoms with E-state index < -0.39 is 11.6 Å². The van der Waals surface area contributed by atoms with E-state index in [9.17, 15) is 13.2 Å². The molecule has 3 heteroatoms. The van der Waals surface area contributed by atoms with E-state index in [1.54, 1.807) is 48.5 Å². The Kier molecular flexibility index (Phi) is 7.17.